The summed E-state index contributed by atoms with van der Waals surface area (Å²) in [5.41, 5.74) is 0. The fourth-order valence-corrected chi connectivity index (χ4v) is 20.4. The maximum atomic E-state index is 14.7. The number of rotatable bonds is 9. The molecule has 5 aromatic carbocycles. The first-order chi connectivity index (χ1) is 17.7. The maximum absolute atomic E-state index is 14.7. The molecule has 5 aromatic rings. The molecule has 0 aliphatic heterocycles. The summed E-state index contributed by atoms with van der Waals surface area (Å²) >= 11 is -4.45. The topological polar surface area (TPSA) is 44.8 Å². The van der Waals surface area contributed by atoms with Crippen LogP contribution in [0.4, 0.5) is 0 Å². The Hall–Kier alpha value is -3.31. The Balaban J connectivity index is 1.72. The summed E-state index contributed by atoms with van der Waals surface area (Å²) in [6.07, 6.45) is 0. The second kappa shape index (κ2) is 11.2. The van der Waals surface area contributed by atoms with E-state index in [0.29, 0.717) is 11.5 Å². The number of benzene rings is 5. The van der Waals surface area contributed by atoms with Gasteiger partial charge in [-0.25, -0.2) is 0 Å². The first kappa shape index (κ1) is 24.4. The fraction of sp³-hybridized carbons (Fsp3) is 0. The SMILES string of the molecule is O=P(Oc1ccccc1)(Oc1ccccc1)[O][Sn]([c]1ccccc1)([c]1ccccc1)[c]1ccccc1. The molecule has 5 rings (SSSR count). The standard InChI is InChI=1S/C12H11O4P.3C6H5.Sn/c13-17(14,15-11-7-3-1-4-8-11)16-12-9-5-2-6-10-12;3*1-2-4-6-5-3-1;/h1-10H,(H,13,14);3*1-5H;/q;;;;+1/p-1. The average Bonchev–Trinajstić information content (AvgIpc) is 2.94. The van der Waals surface area contributed by atoms with Crippen molar-refractivity contribution < 1.29 is 16.5 Å². The van der Waals surface area contributed by atoms with E-state index in [2.05, 4.69) is 0 Å². The second-order valence-corrected chi connectivity index (χ2v) is 20.0. The van der Waals surface area contributed by atoms with Gasteiger partial charge in [0.25, 0.3) is 0 Å². The summed E-state index contributed by atoms with van der Waals surface area (Å²) in [5.74, 6) is 0.817. The Morgan fingerprint density at radius 3 is 1.00 bits per heavy atom. The van der Waals surface area contributed by atoms with Crippen LogP contribution in [-0.2, 0) is 7.43 Å². The molecule has 0 aliphatic carbocycles. The molecule has 4 nitrogen and oxygen atoms in total. The number of para-hydroxylation sites is 2. The van der Waals surface area contributed by atoms with Crippen LogP contribution in [0.25, 0.3) is 0 Å². The van der Waals surface area contributed by atoms with Gasteiger partial charge in [-0.05, 0) is 0 Å². The minimum absolute atomic E-state index is 0.408. The third-order valence-electron chi connectivity index (χ3n) is 5.71. The molecule has 0 bridgehead atoms. The molecule has 6 heteroatoms. The van der Waals surface area contributed by atoms with Gasteiger partial charge in [-0.1, -0.05) is 0 Å². The molecule has 0 atom stereocenters. The zero-order chi connectivity index (χ0) is 24.7. The molecule has 36 heavy (non-hydrogen) atoms. The zero-order valence-corrected chi connectivity index (χ0v) is 23.3. The molecule has 0 fully saturated rings. The minimum atomic E-state index is -4.45. The summed E-state index contributed by atoms with van der Waals surface area (Å²) in [5, 5.41) is 0. The van der Waals surface area contributed by atoms with Gasteiger partial charge in [-0.3, -0.25) is 0 Å². The first-order valence-electron chi connectivity index (χ1n) is 11.6. The van der Waals surface area contributed by atoms with Crippen LogP contribution in [-0.4, -0.2) is 18.8 Å². The molecular weight excluding hydrogens is 574 g/mol. The Labute approximate surface area is 216 Å². The molecule has 178 valence electrons. The third-order valence-corrected chi connectivity index (χ3v) is 21.2. The molecule has 0 heterocycles. The van der Waals surface area contributed by atoms with Crippen LogP contribution in [0.5, 0.6) is 11.5 Å². The van der Waals surface area contributed by atoms with Crippen LogP contribution in [0.15, 0.2) is 152 Å². The van der Waals surface area contributed by atoms with Crippen molar-refractivity contribution in [2.45, 2.75) is 0 Å². The van der Waals surface area contributed by atoms with Crippen molar-refractivity contribution >= 4 is 37.4 Å². The Morgan fingerprint density at radius 2 is 0.694 bits per heavy atom. The van der Waals surface area contributed by atoms with E-state index >= 15 is 0 Å². The van der Waals surface area contributed by atoms with Gasteiger partial charge in [0.1, 0.15) is 0 Å². The van der Waals surface area contributed by atoms with Crippen LogP contribution >= 0.6 is 7.82 Å². The third kappa shape index (κ3) is 5.41. The molecule has 0 unspecified atom stereocenters. The van der Waals surface area contributed by atoms with E-state index in [1.807, 2.05) is 127 Å². The van der Waals surface area contributed by atoms with Crippen LogP contribution in [0, 0.1) is 0 Å². The Kier molecular flexibility index (Phi) is 7.57. The molecule has 0 aliphatic rings. The summed E-state index contributed by atoms with van der Waals surface area (Å²) in [4.78, 5) is 0. The molecule has 0 N–H and O–H groups in total. The van der Waals surface area contributed by atoms with Gasteiger partial charge in [0.2, 0.25) is 0 Å². The van der Waals surface area contributed by atoms with Gasteiger partial charge in [0, 0.05) is 0 Å². The summed E-state index contributed by atoms with van der Waals surface area (Å²) < 4.78 is 36.8. The normalized spacial score (nSPS) is 11.6. The molecule has 0 saturated heterocycles. The zero-order valence-electron chi connectivity index (χ0n) is 19.5. The summed E-state index contributed by atoms with van der Waals surface area (Å²) in [6, 6.07) is 48.1. The molecule has 0 amide bonds. The first-order valence-corrected chi connectivity index (χ1v) is 18.6. The van der Waals surface area contributed by atoms with Gasteiger partial charge >= 0.3 is 217 Å². The van der Waals surface area contributed by atoms with E-state index < -0.39 is 26.6 Å². The van der Waals surface area contributed by atoms with Crippen molar-refractivity contribution in [1.29, 1.82) is 0 Å². The average molecular weight is 599 g/mol. The van der Waals surface area contributed by atoms with Crippen LogP contribution in [0.1, 0.15) is 0 Å². The predicted molar refractivity (Wildman–Crippen MR) is 147 cm³/mol. The number of phosphoric ester groups is 1. The van der Waals surface area contributed by atoms with Crippen molar-refractivity contribution in [3.8, 4) is 11.5 Å². The Bertz CT molecular complexity index is 1270. The molecule has 0 saturated carbocycles. The molecule has 0 spiro atoms. The van der Waals surface area contributed by atoms with Gasteiger partial charge in [0.15, 0.2) is 0 Å². The molecule has 0 aromatic heterocycles. The van der Waals surface area contributed by atoms with Gasteiger partial charge in [-0.2, -0.15) is 0 Å². The van der Waals surface area contributed by atoms with E-state index in [4.69, 9.17) is 11.9 Å². The number of phosphoric acid groups is 1. The second-order valence-electron chi connectivity index (χ2n) is 8.13. The monoisotopic (exact) mass is 600 g/mol. The molecular formula is C30H25O4PSn. The van der Waals surface area contributed by atoms with Crippen LogP contribution in [0.3, 0.4) is 0 Å². The van der Waals surface area contributed by atoms with Gasteiger partial charge < -0.3 is 0 Å². The van der Waals surface area contributed by atoms with Crippen molar-refractivity contribution in [2.24, 2.45) is 0 Å². The fourth-order valence-electron chi connectivity index (χ4n) is 4.12. The molecule has 0 radical (unpaired) electrons. The van der Waals surface area contributed by atoms with Crippen molar-refractivity contribution in [3.63, 3.8) is 0 Å². The summed E-state index contributed by atoms with van der Waals surface area (Å²) in [7, 11) is -4.19. The van der Waals surface area contributed by atoms with E-state index in [1.54, 1.807) is 24.3 Å². The van der Waals surface area contributed by atoms with Crippen molar-refractivity contribution in [3.05, 3.63) is 152 Å². The van der Waals surface area contributed by atoms with Crippen molar-refractivity contribution in [2.75, 3.05) is 0 Å². The van der Waals surface area contributed by atoms with Crippen LogP contribution < -0.4 is 19.8 Å². The van der Waals surface area contributed by atoms with Gasteiger partial charge in [-0.15, -0.1) is 0 Å². The van der Waals surface area contributed by atoms with Gasteiger partial charge in [0.05, 0.1) is 0 Å². The quantitative estimate of drug-likeness (QED) is 0.156. The number of hydrogen-bond donors (Lipinski definition) is 0. The van der Waals surface area contributed by atoms with E-state index in [-0.39, 0.29) is 0 Å². The van der Waals surface area contributed by atoms with E-state index in [1.165, 1.54) is 0 Å². The van der Waals surface area contributed by atoms with E-state index in [9.17, 15) is 4.57 Å². The van der Waals surface area contributed by atoms with E-state index in [0.717, 1.165) is 10.7 Å². The Morgan fingerprint density at radius 1 is 0.417 bits per heavy atom. The van der Waals surface area contributed by atoms with Crippen molar-refractivity contribution in [1.82, 2.24) is 0 Å². The number of hydrogen-bond acceptors (Lipinski definition) is 4. The van der Waals surface area contributed by atoms with Crippen LogP contribution in [0.2, 0.25) is 0 Å². The summed E-state index contributed by atoms with van der Waals surface area (Å²) in [6.45, 7) is 0. The predicted octanol–water partition coefficient (Wildman–Crippen LogP) is 5.94.